The molecule has 57 valence electrons. The number of hydrogen-bond acceptors (Lipinski definition) is 2. The van der Waals surface area contributed by atoms with Crippen LogP contribution in [0.25, 0.3) is 0 Å². The smallest absolute Gasteiger partial charge is 0.164 e. The maximum absolute atomic E-state index is 11.2. The van der Waals surface area contributed by atoms with Gasteiger partial charge in [0, 0.05) is 24.4 Å². The first-order valence-electron chi connectivity index (χ1n) is 3.55. The van der Waals surface area contributed by atoms with E-state index in [-0.39, 0.29) is 5.78 Å². The van der Waals surface area contributed by atoms with Gasteiger partial charge in [-0.05, 0) is 18.6 Å². The molecule has 0 spiro atoms. The Balaban J connectivity index is 2.69. The van der Waals surface area contributed by atoms with E-state index in [1.165, 1.54) is 0 Å². The first-order valence-corrected chi connectivity index (χ1v) is 3.55. The fraction of sp³-hybridized carbons (Fsp3) is 0.222. The highest BCUT2D eigenvalue weighted by atomic mass is 16.1. The van der Waals surface area contributed by atoms with Gasteiger partial charge in [0.1, 0.15) is 0 Å². The largest absolute Gasteiger partial charge is 0.294 e. The van der Waals surface area contributed by atoms with Crippen molar-refractivity contribution in [2.75, 3.05) is 0 Å². The molecule has 0 aliphatic heterocycles. The van der Waals surface area contributed by atoms with Crippen molar-refractivity contribution in [1.29, 1.82) is 0 Å². The van der Waals surface area contributed by atoms with Crippen molar-refractivity contribution in [3.63, 3.8) is 0 Å². The summed E-state index contributed by atoms with van der Waals surface area (Å²) in [5, 5.41) is 0. The van der Waals surface area contributed by atoms with Gasteiger partial charge in [0.15, 0.2) is 5.78 Å². The van der Waals surface area contributed by atoms with E-state index in [1.54, 1.807) is 24.5 Å². The van der Waals surface area contributed by atoms with E-state index >= 15 is 0 Å². The highest BCUT2D eigenvalue weighted by Gasteiger charge is 2.02. The van der Waals surface area contributed by atoms with Crippen molar-refractivity contribution in [3.05, 3.63) is 36.5 Å². The number of aromatic nitrogens is 1. The highest BCUT2D eigenvalue weighted by Crippen LogP contribution is 2.01. The minimum atomic E-state index is 0.126. The normalized spacial score (nSPS) is 9.55. The molecule has 2 heteroatoms. The van der Waals surface area contributed by atoms with Crippen molar-refractivity contribution in [3.8, 4) is 0 Å². The van der Waals surface area contributed by atoms with E-state index in [1.807, 2.05) is 13.3 Å². The summed E-state index contributed by atoms with van der Waals surface area (Å²) >= 11 is 0. The lowest BCUT2D eigenvalue weighted by molar-refractivity contribution is 0.0991. The molecule has 1 aromatic heterocycles. The second kappa shape index (κ2) is 3.86. The van der Waals surface area contributed by atoms with Gasteiger partial charge in [0.25, 0.3) is 0 Å². The topological polar surface area (TPSA) is 30.0 Å². The predicted octanol–water partition coefficient (Wildman–Crippen LogP) is 1.88. The van der Waals surface area contributed by atoms with Gasteiger partial charge in [0.05, 0.1) is 0 Å². The van der Waals surface area contributed by atoms with Crippen LogP contribution in [0.5, 0.6) is 0 Å². The zero-order valence-corrected chi connectivity index (χ0v) is 6.45. The zero-order valence-electron chi connectivity index (χ0n) is 6.45. The quantitative estimate of drug-likeness (QED) is 0.612. The fourth-order valence-electron chi connectivity index (χ4n) is 0.831. The van der Waals surface area contributed by atoms with Crippen LogP contribution in [0.2, 0.25) is 0 Å². The van der Waals surface area contributed by atoms with Gasteiger partial charge < -0.3 is 0 Å². The molecule has 0 aromatic carbocycles. The first-order chi connectivity index (χ1) is 5.34. The number of Topliss-reactive ketones (excluding diaryl/α,β-unsaturated/α-hetero) is 1. The van der Waals surface area contributed by atoms with Crippen molar-refractivity contribution in [2.45, 2.75) is 13.3 Å². The predicted molar refractivity (Wildman–Crippen MR) is 43.2 cm³/mol. The number of carbonyl (C=O) groups is 1. The molecule has 1 radical (unpaired) electrons. The molecule has 2 nitrogen and oxygen atoms in total. The van der Waals surface area contributed by atoms with Crippen LogP contribution < -0.4 is 0 Å². The summed E-state index contributed by atoms with van der Waals surface area (Å²) < 4.78 is 0. The molecule has 0 N–H and O–H groups in total. The third-order valence-corrected chi connectivity index (χ3v) is 1.37. The van der Waals surface area contributed by atoms with Gasteiger partial charge in [-0.1, -0.05) is 6.92 Å². The lowest BCUT2D eigenvalue weighted by atomic mass is 10.1. The maximum atomic E-state index is 11.2. The molecule has 1 heterocycles. The summed E-state index contributed by atoms with van der Waals surface area (Å²) in [7, 11) is 0. The van der Waals surface area contributed by atoms with Gasteiger partial charge in [-0.3, -0.25) is 9.78 Å². The fourth-order valence-corrected chi connectivity index (χ4v) is 0.831. The van der Waals surface area contributed by atoms with Gasteiger partial charge >= 0.3 is 0 Å². The van der Waals surface area contributed by atoms with Crippen LogP contribution in [-0.4, -0.2) is 10.8 Å². The van der Waals surface area contributed by atoms with E-state index in [0.717, 1.165) is 0 Å². The van der Waals surface area contributed by atoms with Crippen molar-refractivity contribution >= 4 is 5.78 Å². The number of rotatable bonds is 3. The highest BCUT2D eigenvalue weighted by molar-refractivity contribution is 5.96. The van der Waals surface area contributed by atoms with Crippen LogP contribution in [0.3, 0.4) is 0 Å². The van der Waals surface area contributed by atoms with Gasteiger partial charge in [-0.2, -0.15) is 0 Å². The minimum Gasteiger partial charge on any atom is -0.294 e. The molecular weight excluding hydrogens is 138 g/mol. The Bertz CT molecular complexity index is 231. The van der Waals surface area contributed by atoms with E-state index in [0.29, 0.717) is 12.0 Å². The molecule has 1 aromatic rings. The molecular formula is C9H10NO. The van der Waals surface area contributed by atoms with E-state index in [4.69, 9.17) is 0 Å². The van der Waals surface area contributed by atoms with Crippen molar-refractivity contribution in [2.24, 2.45) is 0 Å². The molecule has 0 unspecified atom stereocenters. The SMILES string of the molecule is C[CH]CC(=O)c1cccnc1. The van der Waals surface area contributed by atoms with E-state index in [2.05, 4.69) is 4.98 Å². The third-order valence-electron chi connectivity index (χ3n) is 1.37. The molecule has 0 atom stereocenters. The Morgan fingerprint density at radius 1 is 1.73 bits per heavy atom. The van der Waals surface area contributed by atoms with Gasteiger partial charge in [-0.15, -0.1) is 0 Å². The summed E-state index contributed by atoms with van der Waals surface area (Å²) in [5.41, 5.74) is 0.686. The molecule has 1 rings (SSSR count). The molecule has 0 fully saturated rings. The lowest BCUT2D eigenvalue weighted by Crippen LogP contribution is -1.97. The van der Waals surface area contributed by atoms with Gasteiger partial charge in [-0.25, -0.2) is 0 Å². The van der Waals surface area contributed by atoms with E-state index < -0.39 is 0 Å². The summed E-state index contributed by atoms with van der Waals surface area (Å²) in [6.45, 7) is 1.87. The van der Waals surface area contributed by atoms with Crippen LogP contribution in [0.1, 0.15) is 23.7 Å². The van der Waals surface area contributed by atoms with Crippen LogP contribution in [0.15, 0.2) is 24.5 Å². The Morgan fingerprint density at radius 3 is 3.09 bits per heavy atom. The van der Waals surface area contributed by atoms with Crippen LogP contribution in [-0.2, 0) is 0 Å². The van der Waals surface area contributed by atoms with Crippen LogP contribution in [0.4, 0.5) is 0 Å². The van der Waals surface area contributed by atoms with Crippen molar-refractivity contribution < 1.29 is 4.79 Å². The van der Waals surface area contributed by atoms with Crippen LogP contribution >= 0.6 is 0 Å². The molecule has 11 heavy (non-hydrogen) atoms. The Labute approximate surface area is 66.3 Å². The molecule has 0 bridgehead atoms. The number of ketones is 1. The Morgan fingerprint density at radius 2 is 2.55 bits per heavy atom. The summed E-state index contributed by atoms with van der Waals surface area (Å²) in [6.07, 6.45) is 5.58. The second-order valence-corrected chi connectivity index (χ2v) is 2.28. The van der Waals surface area contributed by atoms with Crippen molar-refractivity contribution in [1.82, 2.24) is 4.98 Å². The molecule has 0 saturated carbocycles. The van der Waals surface area contributed by atoms with E-state index in [9.17, 15) is 4.79 Å². The third kappa shape index (κ3) is 2.15. The maximum Gasteiger partial charge on any atom is 0.164 e. The summed E-state index contributed by atoms with van der Waals surface area (Å²) in [4.78, 5) is 15.0. The first kappa shape index (κ1) is 7.92. The number of hydrogen-bond donors (Lipinski definition) is 0. The number of nitrogens with zero attached hydrogens (tertiary/aromatic N) is 1. The number of carbonyl (C=O) groups excluding carboxylic acids is 1. The summed E-state index contributed by atoms with van der Waals surface area (Å²) in [6, 6.07) is 3.54. The van der Waals surface area contributed by atoms with Crippen LogP contribution in [0, 0.1) is 6.42 Å². The zero-order chi connectivity index (χ0) is 8.10. The molecule has 0 aliphatic carbocycles. The monoisotopic (exact) mass is 148 g/mol. The Hall–Kier alpha value is -1.18. The van der Waals surface area contributed by atoms with Gasteiger partial charge in [0.2, 0.25) is 0 Å². The lowest BCUT2D eigenvalue weighted by Gasteiger charge is -1.95. The minimum absolute atomic E-state index is 0.126. The standard InChI is InChI=1S/C9H10NO/c1-2-4-9(11)8-5-3-6-10-7-8/h2-3,5-7H,4H2,1H3. The summed E-state index contributed by atoms with van der Waals surface area (Å²) in [5.74, 6) is 0.126. The number of pyridine rings is 1. The second-order valence-electron chi connectivity index (χ2n) is 2.28. The molecule has 0 amide bonds. The Kier molecular flexibility index (Phi) is 2.78. The molecule has 0 saturated heterocycles. The average molecular weight is 148 g/mol. The average Bonchev–Trinajstić information content (AvgIpc) is 2.07. The molecule has 0 aliphatic rings.